The van der Waals surface area contributed by atoms with Gasteiger partial charge in [0.15, 0.2) is 0 Å². The SMILES string of the molecule is Cc1noc(NS(=O)(=O)c2ccc(Nc3ccnc4cc(C(F)(F)F)ccc34)cc2)c1C. The molecule has 0 spiro atoms. The molecular formula is C21H17F3N4O3S. The van der Waals surface area contributed by atoms with Gasteiger partial charge in [-0.15, -0.1) is 0 Å². The molecule has 166 valence electrons. The molecule has 0 aliphatic carbocycles. The van der Waals surface area contributed by atoms with Crippen molar-refractivity contribution in [2.24, 2.45) is 0 Å². The molecule has 0 bridgehead atoms. The second-order valence-electron chi connectivity index (χ2n) is 7.07. The molecule has 4 aromatic rings. The van der Waals surface area contributed by atoms with Crippen molar-refractivity contribution < 1.29 is 26.1 Å². The van der Waals surface area contributed by atoms with Gasteiger partial charge in [0.2, 0.25) is 5.88 Å². The number of pyridine rings is 1. The number of aryl methyl sites for hydroxylation is 1. The van der Waals surface area contributed by atoms with Crippen molar-refractivity contribution in [1.82, 2.24) is 10.1 Å². The zero-order valence-corrected chi connectivity index (χ0v) is 17.7. The van der Waals surface area contributed by atoms with Crippen LogP contribution in [0, 0.1) is 13.8 Å². The molecule has 32 heavy (non-hydrogen) atoms. The van der Waals surface area contributed by atoms with Gasteiger partial charge in [-0.2, -0.15) is 13.2 Å². The number of hydrogen-bond donors (Lipinski definition) is 2. The third-order valence-corrected chi connectivity index (χ3v) is 6.24. The fourth-order valence-electron chi connectivity index (χ4n) is 3.00. The Morgan fingerprint density at radius 3 is 2.34 bits per heavy atom. The Morgan fingerprint density at radius 1 is 1.00 bits per heavy atom. The number of benzene rings is 2. The highest BCUT2D eigenvalue weighted by atomic mass is 32.2. The van der Waals surface area contributed by atoms with Crippen LogP contribution in [-0.2, 0) is 16.2 Å². The molecule has 0 aliphatic heterocycles. The van der Waals surface area contributed by atoms with E-state index >= 15 is 0 Å². The number of nitrogens with one attached hydrogen (secondary N) is 2. The van der Waals surface area contributed by atoms with Crippen molar-refractivity contribution >= 4 is 38.2 Å². The molecule has 0 saturated carbocycles. The fraction of sp³-hybridized carbons (Fsp3) is 0.143. The highest BCUT2D eigenvalue weighted by molar-refractivity contribution is 7.92. The first-order chi connectivity index (χ1) is 15.0. The van der Waals surface area contributed by atoms with Crippen LogP contribution in [0.3, 0.4) is 0 Å². The van der Waals surface area contributed by atoms with Crippen molar-refractivity contribution in [3.8, 4) is 0 Å². The van der Waals surface area contributed by atoms with Crippen LogP contribution >= 0.6 is 0 Å². The smallest absolute Gasteiger partial charge is 0.355 e. The summed E-state index contributed by atoms with van der Waals surface area (Å²) in [7, 11) is -3.89. The van der Waals surface area contributed by atoms with Crippen LogP contribution in [0.5, 0.6) is 0 Å². The van der Waals surface area contributed by atoms with Crippen LogP contribution in [0.4, 0.5) is 30.4 Å². The molecule has 11 heteroatoms. The van der Waals surface area contributed by atoms with Gasteiger partial charge in [0.1, 0.15) is 0 Å². The van der Waals surface area contributed by atoms with E-state index in [1.54, 1.807) is 32.0 Å². The predicted molar refractivity (Wildman–Crippen MR) is 113 cm³/mol. The lowest BCUT2D eigenvalue weighted by Gasteiger charge is -2.12. The van der Waals surface area contributed by atoms with E-state index in [0.29, 0.717) is 28.0 Å². The van der Waals surface area contributed by atoms with E-state index in [-0.39, 0.29) is 16.3 Å². The number of anilines is 3. The summed E-state index contributed by atoms with van der Waals surface area (Å²) in [5, 5.41) is 7.30. The van der Waals surface area contributed by atoms with Gasteiger partial charge in [0.05, 0.1) is 21.7 Å². The molecule has 0 aliphatic rings. The van der Waals surface area contributed by atoms with Gasteiger partial charge < -0.3 is 9.84 Å². The maximum absolute atomic E-state index is 13.0. The highest BCUT2D eigenvalue weighted by Gasteiger charge is 2.30. The van der Waals surface area contributed by atoms with Gasteiger partial charge in [-0.1, -0.05) is 11.2 Å². The van der Waals surface area contributed by atoms with E-state index in [0.717, 1.165) is 12.1 Å². The Labute approximate surface area is 181 Å². The van der Waals surface area contributed by atoms with E-state index < -0.39 is 21.8 Å². The summed E-state index contributed by atoms with van der Waals surface area (Å²) >= 11 is 0. The maximum atomic E-state index is 13.0. The number of halogens is 3. The number of hydrogen-bond acceptors (Lipinski definition) is 6. The minimum atomic E-state index is -4.46. The van der Waals surface area contributed by atoms with Crippen molar-refractivity contribution in [1.29, 1.82) is 0 Å². The first-order valence-corrected chi connectivity index (χ1v) is 10.8. The number of nitrogens with zero attached hydrogens (tertiary/aromatic N) is 2. The molecule has 2 aromatic carbocycles. The summed E-state index contributed by atoms with van der Waals surface area (Å²) in [5.74, 6) is 0.0474. The molecule has 2 aromatic heterocycles. The van der Waals surface area contributed by atoms with Crippen molar-refractivity contribution in [2.75, 3.05) is 10.0 Å². The number of fused-ring (bicyclic) bond motifs is 1. The minimum Gasteiger partial charge on any atom is -0.355 e. The zero-order valence-electron chi connectivity index (χ0n) is 16.9. The Hall–Kier alpha value is -3.60. The third-order valence-electron chi connectivity index (χ3n) is 4.90. The highest BCUT2D eigenvalue weighted by Crippen LogP contribution is 2.33. The van der Waals surface area contributed by atoms with Gasteiger partial charge in [-0.25, -0.2) is 13.1 Å². The van der Waals surface area contributed by atoms with E-state index in [2.05, 4.69) is 20.2 Å². The molecular weight excluding hydrogens is 445 g/mol. The first-order valence-electron chi connectivity index (χ1n) is 9.33. The minimum absolute atomic E-state index is 0.00547. The van der Waals surface area contributed by atoms with Crippen LogP contribution in [0.2, 0.25) is 0 Å². The van der Waals surface area contributed by atoms with E-state index in [9.17, 15) is 21.6 Å². The molecule has 7 nitrogen and oxygen atoms in total. The number of rotatable bonds is 5. The van der Waals surface area contributed by atoms with Crippen LogP contribution in [0.15, 0.2) is 64.1 Å². The Bertz CT molecular complexity index is 1400. The molecule has 0 unspecified atom stereocenters. The summed E-state index contributed by atoms with van der Waals surface area (Å²) < 4.78 is 71.4. The lowest BCUT2D eigenvalue weighted by atomic mass is 10.1. The molecule has 2 N–H and O–H groups in total. The van der Waals surface area contributed by atoms with Crippen molar-refractivity contribution in [3.63, 3.8) is 0 Å². The van der Waals surface area contributed by atoms with Crippen LogP contribution in [0.1, 0.15) is 16.8 Å². The average Bonchev–Trinajstić information content (AvgIpc) is 3.05. The van der Waals surface area contributed by atoms with Gasteiger partial charge in [-0.05, 0) is 56.3 Å². The molecule has 0 fully saturated rings. The van der Waals surface area contributed by atoms with Gasteiger partial charge >= 0.3 is 6.18 Å². The van der Waals surface area contributed by atoms with Crippen molar-refractivity contribution in [3.05, 3.63) is 71.5 Å². The summed E-state index contributed by atoms with van der Waals surface area (Å²) in [5.41, 5.74) is 1.65. The van der Waals surface area contributed by atoms with Gasteiger partial charge in [0.25, 0.3) is 10.0 Å². The zero-order chi connectivity index (χ0) is 23.1. The van der Waals surface area contributed by atoms with Crippen LogP contribution in [0.25, 0.3) is 10.9 Å². The number of aromatic nitrogens is 2. The molecule has 0 radical (unpaired) electrons. The predicted octanol–water partition coefficient (Wildman–Crippen LogP) is 5.40. The summed E-state index contributed by atoms with van der Waals surface area (Å²) in [6.45, 7) is 3.39. The number of sulfonamides is 1. The third kappa shape index (κ3) is 4.24. The van der Waals surface area contributed by atoms with Crippen LogP contribution < -0.4 is 10.0 Å². The van der Waals surface area contributed by atoms with Crippen molar-refractivity contribution in [2.45, 2.75) is 24.9 Å². The molecule has 0 amide bonds. The Kier molecular flexibility index (Phi) is 5.29. The van der Waals surface area contributed by atoms with Crippen LogP contribution in [-0.4, -0.2) is 18.6 Å². The summed E-state index contributed by atoms with van der Waals surface area (Å²) in [4.78, 5) is 4.02. The average molecular weight is 462 g/mol. The van der Waals surface area contributed by atoms with E-state index in [1.807, 2.05) is 0 Å². The second-order valence-corrected chi connectivity index (χ2v) is 8.75. The van der Waals surface area contributed by atoms with Gasteiger partial charge in [0, 0.05) is 28.5 Å². The standard InChI is InChI=1S/C21H17F3N4O3S/c1-12-13(2)27-31-20(12)28-32(29,30)16-6-4-15(5-7-16)26-18-9-10-25-19-11-14(21(22,23)24)3-8-17(18)19/h3-11,28H,1-2H3,(H,25,26). The number of alkyl halides is 3. The van der Waals surface area contributed by atoms with E-state index in [4.69, 9.17) is 4.52 Å². The monoisotopic (exact) mass is 462 g/mol. The Balaban J connectivity index is 1.57. The fourth-order valence-corrected chi connectivity index (χ4v) is 4.04. The topological polar surface area (TPSA) is 97.1 Å². The molecule has 0 saturated heterocycles. The maximum Gasteiger partial charge on any atom is 0.416 e. The normalized spacial score (nSPS) is 12.2. The largest absolute Gasteiger partial charge is 0.416 e. The summed E-state index contributed by atoms with van der Waals surface area (Å²) in [6.07, 6.45) is -3.06. The van der Waals surface area contributed by atoms with Gasteiger partial charge in [-0.3, -0.25) is 4.98 Å². The molecule has 4 rings (SSSR count). The van der Waals surface area contributed by atoms with E-state index in [1.165, 1.54) is 24.4 Å². The lowest BCUT2D eigenvalue weighted by Crippen LogP contribution is -2.13. The molecule has 0 atom stereocenters. The Morgan fingerprint density at radius 2 is 1.72 bits per heavy atom. The summed E-state index contributed by atoms with van der Waals surface area (Å²) in [6, 6.07) is 10.8. The first kappa shape index (κ1) is 21.6. The quantitative estimate of drug-likeness (QED) is 0.412. The lowest BCUT2D eigenvalue weighted by molar-refractivity contribution is -0.137. The second kappa shape index (κ2) is 7.83. The molecule has 2 heterocycles.